The fourth-order valence-electron chi connectivity index (χ4n) is 3.00. The zero-order valence-corrected chi connectivity index (χ0v) is 13.1. The van der Waals surface area contributed by atoms with E-state index < -0.39 is 0 Å². The third-order valence-corrected chi connectivity index (χ3v) is 4.47. The highest BCUT2D eigenvalue weighted by molar-refractivity contribution is 5.18. The molecule has 3 rings (SSSR count). The van der Waals surface area contributed by atoms with Crippen molar-refractivity contribution < 1.29 is 4.74 Å². The van der Waals surface area contributed by atoms with E-state index in [9.17, 15) is 0 Å². The second-order valence-electron chi connectivity index (χ2n) is 5.91. The molecule has 2 aromatic rings. The number of hydrogen-bond donors (Lipinski definition) is 0. The lowest BCUT2D eigenvalue weighted by atomic mass is 9.95. The van der Waals surface area contributed by atoms with Gasteiger partial charge in [-0.15, -0.1) is 0 Å². The van der Waals surface area contributed by atoms with Crippen molar-refractivity contribution in [2.24, 2.45) is 5.92 Å². The molecule has 116 valence electrons. The third kappa shape index (κ3) is 3.83. The molecular formula is C18H23N3O. The Hall–Kier alpha value is -1.94. The molecule has 1 aromatic carbocycles. The van der Waals surface area contributed by atoms with E-state index >= 15 is 0 Å². The summed E-state index contributed by atoms with van der Waals surface area (Å²) in [7, 11) is 0. The van der Waals surface area contributed by atoms with E-state index in [1.165, 1.54) is 18.4 Å². The lowest BCUT2D eigenvalue weighted by Gasteiger charge is -2.36. The van der Waals surface area contributed by atoms with Gasteiger partial charge in [0.05, 0.1) is 6.61 Å². The largest absolute Gasteiger partial charge is 0.463 e. The average molecular weight is 297 g/mol. The number of rotatable bonds is 5. The van der Waals surface area contributed by atoms with Gasteiger partial charge in [-0.05, 0) is 50.4 Å². The van der Waals surface area contributed by atoms with Crippen LogP contribution in [0.15, 0.2) is 48.8 Å². The summed E-state index contributed by atoms with van der Waals surface area (Å²) in [5.74, 6) is 0.600. The number of benzene rings is 1. The lowest BCUT2D eigenvalue weighted by molar-refractivity contribution is 0.110. The summed E-state index contributed by atoms with van der Waals surface area (Å²) in [5.41, 5.74) is 1.40. The molecule has 0 amide bonds. The van der Waals surface area contributed by atoms with Gasteiger partial charge in [0, 0.05) is 18.4 Å². The molecule has 1 saturated heterocycles. The van der Waals surface area contributed by atoms with Crippen LogP contribution in [0.25, 0.3) is 0 Å². The van der Waals surface area contributed by atoms with Crippen molar-refractivity contribution in [1.82, 2.24) is 14.9 Å². The van der Waals surface area contributed by atoms with Gasteiger partial charge in [0.1, 0.15) is 0 Å². The molecule has 1 aromatic heterocycles. The number of piperidine rings is 1. The number of aromatic nitrogens is 2. The molecule has 0 radical (unpaired) electrons. The quantitative estimate of drug-likeness (QED) is 0.848. The maximum atomic E-state index is 5.69. The molecule has 4 nitrogen and oxygen atoms in total. The van der Waals surface area contributed by atoms with Gasteiger partial charge >= 0.3 is 6.01 Å². The molecule has 0 spiro atoms. The van der Waals surface area contributed by atoms with E-state index in [0.29, 0.717) is 18.0 Å². The van der Waals surface area contributed by atoms with Crippen LogP contribution in [0.2, 0.25) is 0 Å². The van der Waals surface area contributed by atoms with Gasteiger partial charge in [-0.1, -0.05) is 30.3 Å². The van der Waals surface area contributed by atoms with Crippen LogP contribution in [0.5, 0.6) is 6.01 Å². The highest BCUT2D eigenvalue weighted by Crippen LogP contribution is 2.26. The molecular weight excluding hydrogens is 274 g/mol. The van der Waals surface area contributed by atoms with Crippen LogP contribution in [0.3, 0.4) is 0 Å². The molecule has 1 unspecified atom stereocenters. The van der Waals surface area contributed by atoms with Crippen LogP contribution in [-0.2, 0) is 0 Å². The first-order chi connectivity index (χ1) is 10.8. The number of hydrogen-bond acceptors (Lipinski definition) is 4. The zero-order chi connectivity index (χ0) is 15.2. The highest BCUT2D eigenvalue weighted by atomic mass is 16.5. The molecule has 1 aliphatic heterocycles. The summed E-state index contributed by atoms with van der Waals surface area (Å²) in [6.07, 6.45) is 5.77. The van der Waals surface area contributed by atoms with E-state index in [-0.39, 0.29) is 0 Å². The van der Waals surface area contributed by atoms with Crippen LogP contribution in [0, 0.1) is 5.92 Å². The fourth-order valence-corrected chi connectivity index (χ4v) is 3.00. The first-order valence-corrected chi connectivity index (χ1v) is 8.02. The summed E-state index contributed by atoms with van der Waals surface area (Å²) < 4.78 is 5.69. The molecule has 4 heteroatoms. The van der Waals surface area contributed by atoms with E-state index in [2.05, 4.69) is 52.1 Å². The van der Waals surface area contributed by atoms with Crippen molar-refractivity contribution in [3.8, 4) is 6.01 Å². The number of nitrogens with zero attached hydrogens (tertiary/aromatic N) is 3. The summed E-state index contributed by atoms with van der Waals surface area (Å²) >= 11 is 0. The van der Waals surface area contributed by atoms with Crippen LogP contribution < -0.4 is 4.74 Å². The predicted octanol–water partition coefficient (Wildman–Crippen LogP) is 3.33. The van der Waals surface area contributed by atoms with Crippen molar-refractivity contribution in [3.63, 3.8) is 0 Å². The Morgan fingerprint density at radius 1 is 1.09 bits per heavy atom. The first-order valence-electron chi connectivity index (χ1n) is 8.02. The average Bonchev–Trinajstić information content (AvgIpc) is 2.61. The second-order valence-corrected chi connectivity index (χ2v) is 5.91. The summed E-state index contributed by atoms with van der Waals surface area (Å²) in [6.45, 7) is 5.26. The summed E-state index contributed by atoms with van der Waals surface area (Å²) in [4.78, 5) is 10.8. The van der Waals surface area contributed by atoms with Crippen molar-refractivity contribution in [1.29, 1.82) is 0 Å². The van der Waals surface area contributed by atoms with E-state index in [1.807, 2.05) is 0 Å². The molecule has 0 N–H and O–H groups in total. The third-order valence-electron chi connectivity index (χ3n) is 4.47. The monoisotopic (exact) mass is 297 g/mol. The van der Waals surface area contributed by atoms with Gasteiger partial charge in [0.25, 0.3) is 0 Å². The Morgan fingerprint density at radius 2 is 1.77 bits per heavy atom. The Morgan fingerprint density at radius 3 is 2.45 bits per heavy atom. The van der Waals surface area contributed by atoms with Gasteiger partial charge in [0.15, 0.2) is 0 Å². The van der Waals surface area contributed by atoms with Gasteiger partial charge in [-0.2, -0.15) is 0 Å². The number of ether oxygens (including phenoxy) is 1. The molecule has 1 fully saturated rings. The highest BCUT2D eigenvalue weighted by Gasteiger charge is 2.23. The minimum atomic E-state index is 0.487. The minimum absolute atomic E-state index is 0.487. The molecule has 1 atom stereocenters. The second kappa shape index (κ2) is 7.36. The van der Waals surface area contributed by atoms with E-state index in [4.69, 9.17) is 4.74 Å². The molecule has 0 saturated carbocycles. The van der Waals surface area contributed by atoms with Crippen molar-refractivity contribution in [2.75, 3.05) is 19.7 Å². The van der Waals surface area contributed by atoms with Gasteiger partial charge in [-0.25, -0.2) is 9.97 Å². The molecule has 0 bridgehead atoms. The standard InChI is InChI=1S/C18H23N3O/c1-15(17-6-3-2-4-7-17)21-12-8-16(9-13-21)14-22-18-19-10-5-11-20-18/h2-7,10-11,15-16H,8-9,12-14H2,1H3. The summed E-state index contributed by atoms with van der Waals surface area (Å²) in [5, 5.41) is 0. The molecule has 1 aliphatic rings. The Labute approximate surface area is 132 Å². The topological polar surface area (TPSA) is 38.2 Å². The maximum absolute atomic E-state index is 5.69. The van der Waals surface area contributed by atoms with Crippen LogP contribution in [0.1, 0.15) is 31.4 Å². The molecule has 2 heterocycles. The molecule has 0 aliphatic carbocycles. The van der Waals surface area contributed by atoms with E-state index in [1.54, 1.807) is 18.5 Å². The van der Waals surface area contributed by atoms with Gasteiger partial charge in [0.2, 0.25) is 0 Å². The van der Waals surface area contributed by atoms with Crippen molar-refractivity contribution in [3.05, 3.63) is 54.4 Å². The smallest absolute Gasteiger partial charge is 0.316 e. The Bertz CT molecular complexity index is 553. The van der Waals surface area contributed by atoms with Crippen LogP contribution in [-0.4, -0.2) is 34.6 Å². The number of likely N-dealkylation sites (tertiary alicyclic amines) is 1. The molecule has 22 heavy (non-hydrogen) atoms. The Kier molecular flexibility index (Phi) is 5.01. The fraction of sp³-hybridized carbons (Fsp3) is 0.444. The summed E-state index contributed by atoms with van der Waals surface area (Å²) in [6, 6.07) is 13.5. The van der Waals surface area contributed by atoms with Crippen LogP contribution in [0.4, 0.5) is 0 Å². The van der Waals surface area contributed by atoms with Gasteiger partial charge < -0.3 is 4.74 Å². The van der Waals surface area contributed by atoms with Gasteiger partial charge in [-0.3, -0.25) is 4.90 Å². The normalized spacial score (nSPS) is 18.0. The van der Waals surface area contributed by atoms with Crippen LogP contribution >= 0.6 is 0 Å². The first kappa shape index (κ1) is 15.0. The Balaban J connectivity index is 1.46. The minimum Gasteiger partial charge on any atom is -0.463 e. The maximum Gasteiger partial charge on any atom is 0.316 e. The lowest BCUT2D eigenvalue weighted by Crippen LogP contribution is -2.37. The zero-order valence-electron chi connectivity index (χ0n) is 13.1. The predicted molar refractivity (Wildman–Crippen MR) is 86.7 cm³/mol. The van der Waals surface area contributed by atoms with E-state index in [0.717, 1.165) is 19.7 Å². The van der Waals surface area contributed by atoms with Crippen molar-refractivity contribution >= 4 is 0 Å². The van der Waals surface area contributed by atoms with Crippen molar-refractivity contribution in [2.45, 2.75) is 25.8 Å². The SMILES string of the molecule is CC(c1ccccc1)N1CCC(COc2ncccn2)CC1.